The van der Waals surface area contributed by atoms with Crippen LogP contribution >= 0.6 is 23.2 Å². The highest BCUT2D eigenvalue weighted by Gasteiger charge is 2.29. The standard InChI is InChI=1S/C14H15Cl2N3O3/c15-8-1-3-11(10(16)5-8)20-7-13-18-14(22-19-13)12-4-2-9(6-17)21-12/h1,3,5,9,12H,2,4,6-7,17H2/t9-,12+/m0/s1. The topological polar surface area (TPSA) is 83.4 Å². The summed E-state index contributed by atoms with van der Waals surface area (Å²) >= 11 is 11.9. The second-order valence-corrected chi connectivity index (χ2v) is 5.82. The van der Waals surface area contributed by atoms with E-state index in [1.807, 2.05) is 0 Å². The number of hydrogen-bond donors (Lipinski definition) is 1. The van der Waals surface area contributed by atoms with Crippen LogP contribution in [0.3, 0.4) is 0 Å². The Bertz CT molecular complexity index is 650. The van der Waals surface area contributed by atoms with Crippen LogP contribution in [-0.2, 0) is 11.3 Å². The minimum atomic E-state index is -0.186. The Morgan fingerprint density at radius 2 is 2.18 bits per heavy atom. The molecule has 0 bridgehead atoms. The Hall–Kier alpha value is -1.34. The molecular weight excluding hydrogens is 329 g/mol. The summed E-state index contributed by atoms with van der Waals surface area (Å²) in [6, 6.07) is 5.00. The van der Waals surface area contributed by atoms with Crippen molar-refractivity contribution in [1.29, 1.82) is 0 Å². The maximum Gasteiger partial charge on any atom is 0.255 e. The van der Waals surface area contributed by atoms with Crippen molar-refractivity contribution in [3.63, 3.8) is 0 Å². The summed E-state index contributed by atoms with van der Waals surface area (Å²) in [5.41, 5.74) is 5.58. The number of benzene rings is 1. The van der Waals surface area contributed by atoms with Crippen molar-refractivity contribution in [2.24, 2.45) is 5.73 Å². The SMILES string of the molecule is NC[C@@H]1CC[C@H](c2nc(COc3ccc(Cl)cc3Cl)no2)O1. The van der Waals surface area contributed by atoms with Gasteiger partial charge in [-0.2, -0.15) is 4.98 Å². The molecule has 8 heteroatoms. The third kappa shape index (κ3) is 3.52. The molecule has 0 unspecified atom stereocenters. The lowest BCUT2D eigenvalue weighted by Crippen LogP contribution is -2.18. The van der Waals surface area contributed by atoms with Gasteiger partial charge in [-0.25, -0.2) is 0 Å². The fourth-order valence-corrected chi connectivity index (χ4v) is 2.72. The number of hydrogen-bond acceptors (Lipinski definition) is 6. The fraction of sp³-hybridized carbons (Fsp3) is 0.429. The fourth-order valence-electron chi connectivity index (χ4n) is 2.25. The third-order valence-electron chi connectivity index (χ3n) is 3.38. The van der Waals surface area contributed by atoms with E-state index < -0.39 is 0 Å². The molecule has 2 aromatic rings. The van der Waals surface area contributed by atoms with Crippen LogP contribution in [0.1, 0.15) is 30.7 Å². The molecule has 1 aromatic heterocycles. The lowest BCUT2D eigenvalue weighted by molar-refractivity contribution is 0.0307. The van der Waals surface area contributed by atoms with Crippen LogP contribution in [0.25, 0.3) is 0 Å². The number of nitrogens with zero attached hydrogens (tertiary/aromatic N) is 2. The van der Waals surface area contributed by atoms with E-state index in [4.69, 9.17) is 42.9 Å². The summed E-state index contributed by atoms with van der Waals surface area (Å²) in [7, 11) is 0. The monoisotopic (exact) mass is 343 g/mol. The number of rotatable bonds is 5. The third-order valence-corrected chi connectivity index (χ3v) is 3.91. The van der Waals surface area contributed by atoms with E-state index >= 15 is 0 Å². The Labute approximate surface area is 137 Å². The quantitative estimate of drug-likeness (QED) is 0.897. The van der Waals surface area contributed by atoms with Gasteiger partial charge in [-0.3, -0.25) is 0 Å². The van der Waals surface area contributed by atoms with Crippen LogP contribution in [0.15, 0.2) is 22.7 Å². The zero-order valence-corrected chi connectivity index (χ0v) is 13.2. The molecule has 2 atom stereocenters. The highest BCUT2D eigenvalue weighted by molar-refractivity contribution is 6.35. The molecule has 2 N–H and O–H groups in total. The largest absolute Gasteiger partial charge is 0.484 e. The molecule has 3 rings (SSSR count). The minimum absolute atomic E-state index is 0.0597. The predicted molar refractivity (Wildman–Crippen MR) is 81.0 cm³/mol. The van der Waals surface area contributed by atoms with Crippen molar-refractivity contribution in [3.05, 3.63) is 40.0 Å². The average Bonchev–Trinajstić information content (AvgIpc) is 3.15. The first-order chi connectivity index (χ1) is 10.7. The van der Waals surface area contributed by atoms with Crippen molar-refractivity contribution in [2.75, 3.05) is 6.54 Å². The van der Waals surface area contributed by atoms with Gasteiger partial charge in [0.15, 0.2) is 6.61 Å². The van der Waals surface area contributed by atoms with E-state index in [0.29, 0.717) is 34.1 Å². The van der Waals surface area contributed by atoms with Gasteiger partial charge >= 0.3 is 0 Å². The Morgan fingerprint density at radius 1 is 1.32 bits per heavy atom. The summed E-state index contributed by atoms with van der Waals surface area (Å²) in [6.07, 6.45) is 1.60. The first kappa shape index (κ1) is 15.6. The molecule has 6 nitrogen and oxygen atoms in total. The van der Waals surface area contributed by atoms with Crippen molar-refractivity contribution >= 4 is 23.2 Å². The molecule has 0 radical (unpaired) electrons. The van der Waals surface area contributed by atoms with Gasteiger partial charge in [0.05, 0.1) is 11.1 Å². The first-order valence-electron chi connectivity index (χ1n) is 6.91. The summed E-state index contributed by atoms with van der Waals surface area (Å²) in [4.78, 5) is 4.29. The zero-order valence-electron chi connectivity index (χ0n) is 11.7. The number of aromatic nitrogens is 2. The summed E-state index contributed by atoms with van der Waals surface area (Å²) < 4.78 is 16.5. The number of halogens is 2. The van der Waals surface area contributed by atoms with Gasteiger partial charge in [-0.15, -0.1) is 0 Å². The molecule has 118 valence electrons. The molecule has 1 fully saturated rings. The van der Waals surface area contributed by atoms with E-state index in [0.717, 1.165) is 12.8 Å². The summed E-state index contributed by atoms with van der Waals surface area (Å²) in [6.45, 7) is 0.646. The molecular formula is C14H15Cl2N3O3. The molecule has 1 aliphatic rings. The molecule has 0 spiro atoms. The zero-order chi connectivity index (χ0) is 15.5. The van der Waals surface area contributed by atoms with E-state index in [2.05, 4.69) is 10.1 Å². The highest BCUT2D eigenvalue weighted by Crippen LogP contribution is 2.31. The van der Waals surface area contributed by atoms with Gasteiger partial charge in [-0.1, -0.05) is 28.4 Å². The first-order valence-corrected chi connectivity index (χ1v) is 7.67. The Kier molecular flexibility index (Phi) is 4.83. The smallest absolute Gasteiger partial charge is 0.255 e. The van der Waals surface area contributed by atoms with Gasteiger partial charge in [0.2, 0.25) is 5.82 Å². The second kappa shape index (κ2) is 6.83. The number of ether oxygens (including phenoxy) is 2. The van der Waals surface area contributed by atoms with Crippen molar-refractivity contribution in [1.82, 2.24) is 10.1 Å². The second-order valence-electron chi connectivity index (χ2n) is 4.97. The van der Waals surface area contributed by atoms with Crippen LogP contribution in [0.4, 0.5) is 0 Å². The normalized spacial score (nSPS) is 21.2. The van der Waals surface area contributed by atoms with Crippen LogP contribution in [0, 0.1) is 0 Å². The minimum Gasteiger partial charge on any atom is -0.484 e. The molecule has 22 heavy (non-hydrogen) atoms. The summed E-state index contributed by atoms with van der Waals surface area (Å²) in [5.74, 6) is 1.40. The van der Waals surface area contributed by atoms with Crippen molar-refractivity contribution in [3.8, 4) is 5.75 Å². The van der Waals surface area contributed by atoms with Crippen LogP contribution in [-0.4, -0.2) is 22.8 Å². The maximum atomic E-state index is 6.03. The summed E-state index contributed by atoms with van der Waals surface area (Å²) in [5, 5.41) is 4.86. The van der Waals surface area contributed by atoms with E-state index in [9.17, 15) is 0 Å². The Balaban J connectivity index is 1.60. The van der Waals surface area contributed by atoms with Crippen LogP contribution in [0.5, 0.6) is 5.75 Å². The predicted octanol–water partition coefficient (Wildman–Crippen LogP) is 3.13. The van der Waals surface area contributed by atoms with E-state index in [-0.39, 0.29) is 18.8 Å². The average molecular weight is 344 g/mol. The van der Waals surface area contributed by atoms with E-state index in [1.165, 1.54) is 0 Å². The Morgan fingerprint density at radius 3 is 2.91 bits per heavy atom. The molecule has 0 saturated carbocycles. The van der Waals surface area contributed by atoms with Crippen molar-refractivity contribution in [2.45, 2.75) is 31.7 Å². The van der Waals surface area contributed by atoms with Crippen LogP contribution < -0.4 is 10.5 Å². The molecule has 0 aliphatic carbocycles. The van der Waals surface area contributed by atoms with Crippen molar-refractivity contribution < 1.29 is 14.0 Å². The van der Waals surface area contributed by atoms with Crippen LogP contribution in [0.2, 0.25) is 10.0 Å². The number of nitrogens with two attached hydrogens (primary N) is 1. The molecule has 1 aromatic carbocycles. The van der Waals surface area contributed by atoms with E-state index in [1.54, 1.807) is 18.2 Å². The van der Waals surface area contributed by atoms with Gasteiger partial charge in [0.25, 0.3) is 5.89 Å². The molecule has 1 aliphatic heterocycles. The maximum absolute atomic E-state index is 6.03. The molecule has 0 amide bonds. The lowest BCUT2D eigenvalue weighted by Gasteiger charge is -2.07. The van der Waals surface area contributed by atoms with Gasteiger partial charge < -0.3 is 19.7 Å². The molecule has 1 saturated heterocycles. The van der Waals surface area contributed by atoms with Gasteiger partial charge in [0, 0.05) is 11.6 Å². The van der Waals surface area contributed by atoms with Gasteiger partial charge in [-0.05, 0) is 31.0 Å². The highest BCUT2D eigenvalue weighted by atomic mass is 35.5. The van der Waals surface area contributed by atoms with Gasteiger partial charge in [0.1, 0.15) is 11.9 Å². The molecule has 2 heterocycles. The lowest BCUT2D eigenvalue weighted by atomic mass is 10.2.